The molecule has 4 rings (SSSR count). The van der Waals surface area contributed by atoms with E-state index in [1.165, 1.54) is 50.1 Å². The number of rotatable bonds is 16. The summed E-state index contributed by atoms with van der Waals surface area (Å²) >= 11 is 0. The fraction of sp³-hybridized carbons (Fsp3) is 0.429. The minimum absolute atomic E-state index is 0.275. The number of anilines is 1. The Labute approximate surface area is 334 Å². The number of alkyl halides is 1. The van der Waals surface area contributed by atoms with Crippen molar-refractivity contribution in [1.82, 2.24) is 4.90 Å². The van der Waals surface area contributed by atoms with Crippen molar-refractivity contribution in [3.8, 4) is 0 Å². The minimum atomic E-state index is -1.21. The van der Waals surface area contributed by atoms with Gasteiger partial charge in [-0.05, 0) is 110 Å². The van der Waals surface area contributed by atoms with E-state index < -0.39 is 5.67 Å². The van der Waals surface area contributed by atoms with Crippen molar-refractivity contribution in [2.24, 2.45) is 10.9 Å². The number of carbonyl (C=O) groups is 1. The number of nitrogens with zero attached hydrogens (tertiary/aromatic N) is 2. The molecule has 0 saturated carbocycles. The van der Waals surface area contributed by atoms with Crippen molar-refractivity contribution in [3.63, 3.8) is 0 Å². The second kappa shape index (κ2) is 29.9. The lowest BCUT2D eigenvalue weighted by Crippen LogP contribution is -2.22. The number of hydrogen-bond acceptors (Lipinski definition) is 3. The van der Waals surface area contributed by atoms with Crippen LogP contribution in [0.3, 0.4) is 0 Å². The molecular formula is C49H71F2N3O. The third-order valence-electron chi connectivity index (χ3n) is 8.73. The van der Waals surface area contributed by atoms with Gasteiger partial charge in [-0.1, -0.05) is 148 Å². The Bertz CT molecular complexity index is 1570. The first-order valence-corrected chi connectivity index (χ1v) is 20.3. The number of halogens is 2. The van der Waals surface area contributed by atoms with Crippen LogP contribution < -0.4 is 5.32 Å². The smallest absolute Gasteiger partial charge is 0.211 e. The van der Waals surface area contributed by atoms with Crippen LogP contribution in [0.5, 0.6) is 0 Å². The molecule has 1 amide bonds. The van der Waals surface area contributed by atoms with Crippen LogP contribution in [0.15, 0.2) is 115 Å². The van der Waals surface area contributed by atoms with Gasteiger partial charge in [0, 0.05) is 25.0 Å². The van der Waals surface area contributed by atoms with E-state index in [1.807, 2.05) is 103 Å². The van der Waals surface area contributed by atoms with Gasteiger partial charge in [-0.3, -0.25) is 14.7 Å². The lowest BCUT2D eigenvalue weighted by atomic mass is 9.86. The van der Waals surface area contributed by atoms with Crippen molar-refractivity contribution in [1.29, 1.82) is 0 Å². The van der Waals surface area contributed by atoms with Gasteiger partial charge in [0.1, 0.15) is 11.5 Å². The number of aliphatic imine (C=N–C) groups is 1. The van der Waals surface area contributed by atoms with Gasteiger partial charge in [0.05, 0.1) is 5.70 Å². The summed E-state index contributed by atoms with van der Waals surface area (Å²) < 4.78 is 27.9. The summed E-state index contributed by atoms with van der Waals surface area (Å²) in [5.41, 5.74) is 5.68. The molecule has 4 nitrogen and oxygen atoms in total. The fourth-order valence-electron chi connectivity index (χ4n) is 6.23. The van der Waals surface area contributed by atoms with E-state index in [4.69, 9.17) is 0 Å². The molecule has 6 heteroatoms. The maximum atomic E-state index is 15.0. The van der Waals surface area contributed by atoms with Gasteiger partial charge in [-0.2, -0.15) is 0 Å². The molecule has 1 aliphatic rings. The molecule has 55 heavy (non-hydrogen) atoms. The Morgan fingerprint density at radius 2 is 1.49 bits per heavy atom. The number of carbonyl (C=O) groups excluding carboxylic acids is 1. The van der Waals surface area contributed by atoms with Crippen LogP contribution in [0.1, 0.15) is 130 Å². The van der Waals surface area contributed by atoms with Gasteiger partial charge in [0.2, 0.25) is 6.41 Å². The zero-order valence-corrected chi connectivity index (χ0v) is 35.6. The zero-order chi connectivity index (χ0) is 41.6. The van der Waals surface area contributed by atoms with Crippen LogP contribution in [-0.4, -0.2) is 37.2 Å². The topological polar surface area (TPSA) is 44.7 Å². The number of amides is 1. The highest BCUT2D eigenvalue weighted by molar-refractivity contribution is 5.81. The average Bonchev–Trinajstić information content (AvgIpc) is 3.63. The highest BCUT2D eigenvalue weighted by Gasteiger charge is 2.29. The summed E-state index contributed by atoms with van der Waals surface area (Å²) in [6.07, 6.45) is 13.1. The average molecular weight is 756 g/mol. The lowest BCUT2D eigenvalue weighted by molar-refractivity contribution is -0.105. The molecule has 1 N–H and O–H groups in total. The summed E-state index contributed by atoms with van der Waals surface area (Å²) in [4.78, 5) is 17.2. The molecule has 0 aliphatic carbocycles. The standard InChI is InChI=1S/C19H26FN.C15H12FNO.C11H21N.2C2H6/c1-5-8-15-21-16(4)17-9-11-18(12-10-17)19(20,13-6-2)14-7-3;1-11(12-5-7-14(16)8-6-12)13-3-2-4-15(9-13)17-10-18;1-4-5-11-6-7-12(9-11)8-10(2)3;2*1-2/h5,8-12,15H,4,6-7,13-14H2,1-3H3;2-10H,1H2,(H,17,18);11H,2,4-9H2,1,3H3;2*1-2H3/b8-5-,21-15?;;;;. The van der Waals surface area contributed by atoms with Crippen LogP contribution in [0, 0.1) is 11.7 Å². The molecule has 3 aromatic carbocycles. The van der Waals surface area contributed by atoms with E-state index in [0.29, 0.717) is 30.6 Å². The highest BCUT2D eigenvalue weighted by Crippen LogP contribution is 2.36. The van der Waals surface area contributed by atoms with Gasteiger partial charge < -0.3 is 5.32 Å². The van der Waals surface area contributed by atoms with Gasteiger partial charge in [0.25, 0.3) is 0 Å². The predicted molar refractivity (Wildman–Crippen MR) is 239 cm³/mol. The largest absolute Gasteiger partial charge is 0.329 e. The molecule has 0 spiro atoms. The van der Waals surface area contributed by atoms with Crippen LogP contribution in [0.4, 0.5) is 14.5 Å². The Balaban J connectivity index is 0.000000782. The van der Waals surface area contributed by atoms with Crippen molar-refractivity contribution < 1.29 is 13.6 Å². The highest BCUT2D eigenvalue weighted by atomic mass is 19.1. The Morgan fingerprint density at radius 3 is 2.02 bits per heavy atom. The lowest BCUT2D eigenvalue weighted by Gasteiger charge is -2.25. The number of hydrogen-bond donors (Lipinski definition) is 1. The van der Waals surface area contributed by atoms with Crippen LogP contribution >= 0.6 is 0 Å². The Kier molecular flexibility index (Phi) is 27.5. The van der Waals surface area contributed by atoms with Gasteiger partial charge in [0.15, 0.2) is 0 Å². The summed E-state index contributed by atoms with van der Waals surface area (Å²) in [5.74, 6) is 0.692. The van der Waals surface area contributed by atoms with E-state index in [-0.39, 0.29) is 5.82 Å². The molecule has 1 atom stereocenters. The Morgan fingerprint density at radius 1 is 0.891 bits per heavy atom. The summed E-state index contributed by atoms with van der Waals surface area (Å²) in [6.45, 7) is 34.0. The molecule has 3 aromatic rings. The summed E-state index contributed by atoms with van der Waals surface area (Å²) in [7, 11) is 0. The number of benzene rings is 3. The number of likely N-dealkylation sites (tertiary alicyclic amines) is 1. The van der Waals surface area contributed by atoms with Crippen LogP contribution in [0.2, 0.25) is 0 Å². The van der Waals surface area contributed by atoms with Crippen molar-refractivity contribution in [3.05, 3.63) is 138 Å². The second-order valence-electron chi connectivity index (χ2n) is 13.3. The molecule has 1 fully saturated rings. The summed E-state index contributed by atoms with van der Waals surface area (Å²) in [6, 6.07) is 21.0. The van der Waals surface area contributed by atoms with Gasteiger partial charge >= 0.3 is 0 Å². The first kappa shape index (κ1) is 50.6. The van der Waals surface area contributed by atoms with E-state index in [2.05, 4.69) is 48.8 Å². The van der Waals surface area contributed by atoms with Gasteiger partial charge in [-0.25, -0.2) is 8.78 Å². The van der Waals surface area contributed by atoms with E-state index in [0.717, 1.165) is 53.1 Å². The molecule has 0 bridgehead atoms. The number of allylic oxidation sites excluding steroid dienone is 2. The quantitative estimate of drug-likeness (QED) is 0.0899. The third kappa shape index (κ3) is 19.6. The van der Waals surface area contributed by atoms with Crippen molar-refractivity contribution in [2.45, 2.75) is 113 Å². The monoisotopic (exact) mass is 756 g/mol. The minimum Gasteiger partial charge on any atom is -0.329 e. The molecule has 0 aromatic heterocycles. The van der Waals surface area contributed by atoms with Crippen molar-refractivity contribution >= 4 is 29.6 Å². The van der Waals surface area contributed by atoms with Crippen LogP contribution in [0.25, 0.3) is 11.3 Å². The van der Waals surface area contributed by atoms with E-state index in [1.54, 1.807) is 24.4 Å². The van der Waals surface area contributed by atoms with Crippen LogP contribution in [-0.2, 0) is 10.5 Å². The van der Waals surface area contributed by atoms with E-state index >= 15 is 4.39 Å². The Hall–Kier alpha value is -4.42. The SMILES string of the molecule is C=C(C)CN1CCC(CCC)C1.C=C(N=C/C=C\C)c1ccc(C(F)(CCC)CCC)cc1.C=C(c1ccc(F)cc1)c1cccc(NC=O)c1.CC.CC. The summed E-state index contributed by atoms with van der Waals surface area (Å²) in [5, 5.41) is 2.58. The molecule has 1 saturated heterocycles. The normalized spacial score (nSPS) is 13.5. The fourth-order valence-corrected chi connectivity index (χ4v) is 6.23. The molecule has 1 unspecified atom stereocenters. The predicted octanol–water partition coefficient (Wildman–Crippen LogP) is 14.3. The first-order valence-electron chi connectivity index (χ1n) is 20.3. The van der Waals surface area contributed by atoms with Crippen molar-refractivity contribution in [2.75, 3.05) is 25.0 Å². The second-order valence-corrected chi connectivity index (χ2v) is 13.3. The third-order valence-corrected chi connectivity index (χ3v) is 8.73. The maximum absolute atomic E-state index is 15.0. The molecule has 0 radical (unpaired) electrons. The molecule has 1 aliphatic heterocycles. The number of nitrogens with one attached hydrogen (secondary N) is 1. The maximum Gasteiger partial charge on any atom is 0.211 e. The molecule has 302 valence electrons. The van der Waals surface area contributed by atoms with Gasteiger partial charge in [-0.15, -0.1) is 0 Å². The molecule has 1 heterocycles. The van der Waals surface area contributed by atoms with E-state index in [9.17, 15) is 9.18 Å². The first-order chi connectivity index (χ1) is 26.5. The zero-order valence-electron chi connectivity index (χ0n) is 35.6. The molecular weight excluding hydrogens is 685 g/mol.